The maximum atomic E-state index is 10.3. The van der Waals surface area contributed by atoms with Gasteiger partial charge in [0.05, 0.1) is 0 Å². The third kappa shape index (κ3) is 15.1. The molecule has 5 nitrogen and oxygen atoms in total. The summed E-state index contributed by atoms with van der Waals surface area (Å²) in [4.78, 5) is 16.7. The third-order valence-electron chi connectivity index (χ3n) is 1.14. The molecule has 0 heterocycles. The molecular formula is C6H17Cl2O5P. The summed E-state index contributed by atoms with van der Waals surface area (Å²) in [5.41, 5.74) is 0. The molecular weight excluding hydrogens is 254 g/mol. The van der Waals surface area contributed by atoms with Gasteiger partial charge in [-0.3, -0.25) is 4.52 Å². The van der Waals surface area contributed by atoms with E-state index in [-0.39, 0.29) is 24.8 Å². The lowest BCUT2D eigenvalue weighted by Crippen LogP contribution is -2.12. The van der Waals surface area contributed by atoms with Crippen molar-refractivity contribution in [3.05, 3.63) is 0 Å². The Labute approximate surface area is 96.2 Å². The summed E-state index contributed by atoms with van der Waals surface area (Å²) < 4.78 is 19.4. The molecule has 0 aliphatic carbocycles. The molecule has 1 atom stereocenters. The molecule has 0 rings (SSSR count). The predicted octanol–water partition coefficient (Wildman–Crippen LogP) is 2.10. The van der Waals surface area contributed by atoms with Gasteiger partial charge in [-0.15, -0.1) is 24.8 Å². The molecule has 0 saturated carbocycles. The molecule has 14 heavy (non-hydrogen) atoms. The molecule has 0 bridgehead atoms. The summed E-state index contributed by atoms with van der Waals surface area (Å²) in [5.74, 6) is 0. The molecule has 0 saturated heterocycles. The Bertz CT molecular complexity index is 162. The molecule has 0 aromatic carbocycles. The zero-order valence-corrected chi connectivity index (χ0v) is 10.6. The summed E-state index contributed by atoms with van der Waals surface area (Å²) in [5, 5.41) is 0. The summed E-state index contributed by atoms with van der Waals surface area (Å²) in [6.45, 7) is 3.91. The predicted molar refractivity (Wildman–Crippen MR) is 57.9 cm³/mol. The first-order valence-electron chi connectivity index (χ1n) is 3.81. The van der Waals surface area contributed by atoms with Crippen LogP contribution >= 0.6 is 32.6 Å². The molecule has 0 fully saturated rings. The van der Waals surface area contributed by atoms with Crippen molar-refractivity contribution in [1.29, 1.82) is 0 Å². The van der Waals surface area contributed by atoms with Crippen molar-refractivity contribution in [2.45, 2.75) is 33.0 Å². The van der Waals surface area contributed by atoms with E-state index in [4.69, 9.17) is 14.5 Å². The van der Waals surface area contributed by atoms with Gasteiger partial charge in [-0.05, 0) is 13.3 Å². The summed E-state index contributed by atoms with van der Waals surface area (Å²) in [6.07, 6.45) is 0.981. The fraction of sp³-hybridized carbons (Fsp3) is 1.00. The molecule has 90 valence electrons. The molecule has 8 heteroatoms. The zero-order chi connectivity index (χ0) is 9.61. The van der Waals surface area contributed by atoms with E-state index in [1.54, 1.807) is 0 Å². The van der Waals surface area contributed by atoms with E-state index in [1.165, 1.54) is 6.92 Å². The molecule has 0 aliphatic rings. The zero-order valence-electron chi connectivity index (χ0n) is 8.08. The maximum absolute atomic E-state index is 10.3. The first kappa shape index (κ1) is 20.1. The van der Waals surface area contributed by atoms with Gasteiger partial charge in [0.15, 0.2) is 6.29 Å². The summed E-state index contributed by atoms with van der Waals surface area (Å²) in [6, 6.07) is 0. The van der Waals surface area contributed by atoms with Gasteiger partial charge in [-0.25, -0.2) is 4.57 Å². The van der Waals surface area contributed by atoms with Crippen LogP contribution in [0.25, 0.3) is 0 Å². The quantitative estimate of drug-likeness (QED) is 0.439. The molecule has 0 radical (unpaired) electrons. The van der Waals surface area contributed by atoms with Crippen molar-refractivity contribution < 1.29 is 23.6 Å². The smallest absolute Gasteiger partial charge is 0.352 e. The van der Waals surface area contributed by atoms with E-state index >= 15 is 0 Å². The lowest BCUT2D eigenvalue weighted by Gasteiger charge is -2.13. The Morgan fingerprint density at radius 2 is 1.86 bits per heavy atom. The van der Waals surface area contributed by atoms with E-state index in [1.807, 2.05) is 6.92 Å². The Kier molecular flexibility index (Phi) is 14.6. The van der Waals surface area contributed by atoms with Crippen molar-refractivity contribution in [3.63, 3.8) is 0 Å². The first-order chi connectivity index (χ1) is 5.45. The number of phosphoric ester groups is 1. The highest BCUT2D eigenvalue weighted by Gasteiger charge is 2.18. The van der Waals surface area contributed by atoms with Crippen LogP contribution in [0.4, 0.5) is 0 Å². The van der Waals surface area contributed by atoms with Crippen molar-refractivity contribution in [2.75, 3.05) is 6.61 Å². The van der Waals surface area contributed by atoms with Crippen molar-refractivity contribution in [2.24, 2.45) is 0 Å². The van der Waals surface area contributed by atoms with Crippen LogP contribution in [0.15, 0.2) is 0 Å². The van der Waals surface area contributed by atoms with Gasteiger partial charge in [0.1, 0.15) is 0 Å². The molecule has 0 amide bonds. The van der Waals surface area contributed by atoms with Gasteiger partial charge in [0, 0.05) is 6.61 Å². The average molecular weight is 271 g/mol. The van der Waals surface area contributed by atoms with Crippen LogP contribution in [0.1, 0.15) is 26.7 Å². The fourth-order valence-corrected chi connectivity index (χ4v) is 1.07. The van der Waals surface area contributed by atoms with Gasteiger partial charge in [0.2, 0.25) is 0 Å². The Balaban J connectivity index is -0.000000605. The highest BCUT2D eigenvalue weighted by atomic mass is 35.5. The number of unbranched alkanes of at least 4 members (excludes halogenated alkanes) is 1. The number of ether oxygens (including phenoxy) is 1. The minimum Gasteiger partial charge on any atom is -0.352 e. The van der Waals surface area contributed by atoms with E-state index in [0.29, 0.717) is 6.61 Å². The van der Waals surface area contributed by atoms with Crippen LogP contribution < -0.4 is 0 Å². The molecule has 0 aromatic heterocycles. The Morgan fingerprint density at radius 3 is 2.21 bits per heavy atom. The molecule has 1 unspecified atom stereocenters. The van der Waals surface area contributed by atoms with Gasteiger partial charge >= 0.3 is 7.82 Å². The van der Waals surface area contributed by atoms with Crippen molar-refractivity contribution in [1.82, 2.24) is 0 Å². The topological polar surface area (TPSA) is 76.0 Å². The highest BCUT2D eigenvalue weighted by Crippen LogP contribution is 2.37. The monoisotopic (exact) mass is 270 g/mol. The minimum absolute atomic E-state index is 0. The van der Waals surface area contributed by atoms with Crippen LogP contribution in [0, 0.1) is 0 Å². The van der Waals surface area contributed by atoms with Crippen LogP contribution in [0.5, 0.6) is 0 Å². The average Bonchev–Trinajstić information content (AvgIpc) is 1.84. The second-order valence-corrected chi connectivity index (χ2v) is 3.58. The second kappa shape index (κ2) is 10.2. The largest absolute Gasteiger partial charge is 0.471 e. The van der Waals surface area contributed by atoms with Crippen LogP contribution in [0.2, 0.25) is 0 Å². The van der Waals surface area contributed by atoms with Gasteiger partial charge in [-0.1, -0.05) is 13.3 Å². The maximum Gasteiger partial charge on any atom is 0.471 e. The van der Waals surface area contributed by atoms with E-state index in [9.17, 15) is 4.57 Å². The first-order valence-corrected chi connectivity index (χ1v) is 5.34. The van der Waals surface area contributed by atoms with E-state index in [0.717, 1.165) is 12.8 Å². The van der Waals surface area contributed by atoms with Gasteiger partial charge in [0.25, 0.3) is 0 Å². The van der Waals surface area contributed by atoms with E-state index in [2.05, 4.69) is 4.52 Å². The normalized spacial score (nSPS) is 12.6. The third-order valence-corrected chi connectivity index (χ3v) is 1.71. The fourth-order valence-electron chi connectivity index (χ4n) is 0.617. The van der Waals surface area contributed by atoms with Crippen molar-refractivity contribution in [3.8, 4) is 0 Å². The SMILES string of the molecule is CCCCOC(C)OP(=O)(O)O.Cl.Cl. The van der Waals surface area contributed by atoms with Crippen LogP contribution in [-0.4, -0.2) is 22.7 Å². The number of hydrogen-bond donors (Lipinski definition) is 2. The molecule has 0 aromatic rings. The number of rotatable bonds is 6. The Morgan fingerprint density at radius 1 is 1.36 bits per heavy atom. The standard InChI is InChI=1S/C6H15O5P.2ClH/c1-3-4-5-10-6(2)11-12(7,8)9;;/h6H,3-5H2,1-2H3,(H2,7,8,9);2*1H. The molecule has 0 spiro atoms. The van der Waals surface area contributed by atoms with Crippen LogP contribution in [-0.2, 0) is 13.8 Å². The lowest BCUT2D eigenvalue weighted by atomic mass is 10.4. The number of halogens is 2. The minimum atomic E-state index is -4.40. The molecule has 2 N–H and O–H groups in total. The van der Waals surface area contributed by atoms with Gasteiger partial charge < -0.3 is 14.5 Å². The van der Waals surface area contributed by atoms with E-state index < -0.39 is 14.1 Å². The second-order valence-electron chi connectivity index (χ2n) is 2.39. The summed E-state index contributed by atoms with van der Waals surface area (Å²) in [7, 11) is -4.40. The molecule has 0 aliphatic heterocycles. The lowest BCUT2D eigenvalue weighted by molar-refractivity contribution is -0.0800. The summed E-state index contributed by atoms with van der Waals surface area (Å²) >= 11 is 0. The highest BCUT2D eigenvalue weighted by molar-refractivity contribution is 7.46. The van der Waals surface area contributed by atoms with Gasteiger partial charge in [-0.2, -0.15) is 0 Å². The van der Waals surface area contributed by atoms with Crippen molar-refractivity contribution >= 4 is 32.6 Å². The Hall–Kier alpha value is 0.650. The number of hydrogen-bond acceptors (Lipinski definition) is 3. The van der Waals surface area contributed by atoms with Crippen LogP contribution in [0.3, 0.4) is 0 Å². The number of phosphoric acid groups is 1.